The van der Waals surface area contributed by atoms with Crippen LogP contribution in [0.4, 0.5) is 0 Å². The van der Waals surface area contributed by atoms with Crippen molar-refractivity contribution < 1.29 is 13.2 Å². The number of benzene rings is 1. The first-order valence-corrected chi connectivity index (χ1v) is 7.50. The van der Waals surface area contributed by atoms with Crippen molar-refractivity contribution in [3.05, 3.63) is 28.8 Å². The fourth-order valence-corrected chi connectivity index (χ4v) is 2.52. The number of sulfone groups is 1. The molecule has 7 nitrogen and oxygen atoms in total. The number of guanidine groups is 1. The van der Waals surface area contributed by atoms with Crippen LogP contribution in [0.3, 0.4) is 0 Å². The summed E-state index contributed by atoms with van der Waals surface area (Å²) in [5.74, 6) is -1.15. The molecule has 0 radical (unpaired) electrons. The summed E-state index contributed by atoms with van der Waals surface area (Å²) in [7, 11) is -3.64. The van der Waals surface area contributed by atoms with Crippen LogP contribution < -0.4 is 11.5 Å². The van der Waals surface area contributed by atoms with Crippen molar-refractivity contribution >= 4 is 21.7 Å². The zero-order valence-corrected chi connectivity index (χ0v) is 11.9. The van der Waals surface area contributed by atoms with Crippen molar-refractivity contribution in [2.75, 3.05) is 6.26 Å². The van der Waals surface area contributed by atoms with E-state index in [1.807, 2.05) is 6.07 Å². The Kier molecular flexibility index (Phi) is 4.47. The van der Waals surface area contributed by atoms with Gasteiger partial charge in [-0.15, -0.1) is 0 Å². The maximum atomic E-state index is 11.9. The van der Waals surface area contributed by atoms with Crippen molar-refractivity contribution in [3.63, 3.8) is 0 Å². The van der Waals surface area contributed by atoms with Crippen molar-refractivity contribution in [2.24, 2.45) is 16.5 Å². The third-order valence-corrected chi connectivity index (χ3v) is 3.70. The lowest BCUT2D eigenvalue weighted by Crippen LogP contribution is -2.24. The molecule has 1 rings (SSSR count). The second kappa shape index (κ2) is 5.71. The van der Waals surface area contributed by atoms with Gasteiger partial charge in [0, 0.05) is 11.8 Å². The highest BCUT2D eigenvalue weighted by molar-refractivity contribution is 7.90. The van der Waals surface area contributed by atoms with Gasteiger partial charge in [-0.05, 0) is 24.1 Å². The van der Waals surface area contributed by atoms with Crippen molar-refractivity contribution in [1.82, 2.24) is 0 Å². The van der Waals surface area contributed by atoms with Gasteiger partial charge in [-0.2, -0.15) is 10.3 Å². The molecule has 20 heavy (non-hydrogen) atoms. The third kappa shape index (κ3) is 3.33. The lowest BCUT2D eigenvalue weighted by Gasteiger charge is -2.09. The van der Waals surface area contributed by atoms with E-state index < -0.39 is 21.7 Å². The molecule has 1 amide bonds. The summed E-state index contributed by atoms with van der Waals surface area (Å²) in [6.45, 7) is 1.77. The van der Waals surface area contributed by atoms with Crippen molar-refractivity contribution in [3.8, 4) is 6.07 Å². The lowest BCUT2D eigenvalue weighted by atomic mass is 10.0. The van der Waals surface area contributed by atoms with Gasteiger partial charge in [0.2, 0.25) is 0 Å². The molecule has 0 saturated carbocycles. The van der Waals surface area contributed by atoms with Gasteiger partial charge in [0.1, 0.15) is 6.07 Å². The number of carbonyl (C=O) groups is 1. The molecule has 0 aromatic heterocycles. The average Bonchev–Trinajstić information content (AvgIpc) is 2.34. The van der Waals surface area contributed by atoms with Gasteiger partial charge in [-0.25, -0.2) is 8.42 Å². The highest BCUT2D eigenvalue weighted by Crippen LogP contribution is 2.22. The molecular weight excluding hydrogens is 280 g/mol. The largest absolute Gasteiger partial charge is 0.370 e. The molecule has 0 saturated heterocycles. The summed E-state index contributed by atoms with van der Waals surface area (Å²) < 4.78 is 23.3. The smallest absolute Gasteiger partial charge is 0.280 e. The van der Waals surface area contributed by atoms with Crippen LogP contribution in [0.1, 0.15) is 28.4 Å². The van der Waals surface area contributed by atoms with Gasteiger partial charge in [0.05, 0.1) is 10.5 Å². The Bertz CT molecular complexity index is 726. The van der Waals surface area contributed by atoms with Crippen LogP contribution >= 0.6 is 0 Å². The Morgan fingerprint density at radius 3 is 2.40 bits per heavy atom. The first-order chi connectivity index (χ1) is 9.20. The maximum Gasteiger partial charge on any atom is 0.280 e. The topological polar surface area (TPSA) is 139 Å². The number of rotatable bonds is 3. The number of amides is 1. The Morgan fingerprint density at radius 1 is 1.40 bits per heavy atom. The molecule has 0 spiro atoms. The summed E-state index contributed by atoms with van der Waals surface area (Å²) in [5, 5.41) is 9.01. The molecule has 0 fully saturated rings. The standard InChI is InChI=1S/C12H14N4O3S/c1-3-7-4-8(6-13)10(20(2,18)19)5-9(7)11(17)16-12(14)15/h4-5H,3H2,1-2H3,(H4,14,15,16,17). The minimum atomic E-state index is -3.64. The van der Waals surface area contributed by atoms with E-state index in [0.717, 1.165) is 12.3 Å². The maximum absolute atomic E-state index is 11.9. The van der Waals surface area contributed by atoms with Crippen LogP contribution in [0.2, 0.25) is 0 Å². The predicted molar refractivity (Wildman–Crippen MR) is 73.8 cm³/mol. The van der Waals surface area contributed by atoms with Crippen LogP contribution in [0, 0.1) is 11.3 Å². The summed E-state index contributed by atoms with van der Waals surface area (Å²) in [5.41, 5.74) is 10.8. The van der Waals surface area contributed by atoms with Crippen LogP contribution in [0.25, 0.3) is 0 Å². The van der Waals surface area contributed by atoms with Gasteiger partial charge in [0.25, 0.3) is 5.91 Å². The highest BCUT2D eigenvalue weighted by Gasteiger charge is 2.20. The van der Waals surface area contributed by atoms with E-state index in [-0.39, 0.29) is 16.0 Å². The van der Waals surface area contributed by atoms with E-state index in [2.05, 4.69) is 4.99 Å². The number of aliphatic imine (C=N–C) groups is 1. The zero-order valence-electron chi connectivity index (χ0n) is 11.0. The van der Waals surface area contributed by atoms with Gasteiger partial charge in [0.15, 0.2) is 15.8 Å². The predicted octanol–water partition coefficient (Wildman–Crippen LogP) is -0.0622. The first-order valence-electron chi connectivity index (χ1n) is 5.61. The normalized spacial score (nSPS) is 10.7. The molecule has 0 aliphatic carbocycles. The molecule has 4 N–H and O–H groups in total. The minimum Gasteiger partial charge on any atom is -0.370 e. The van der Waals surface area contributed by atoms with Gasteiger partial charge in [-0.3, -0.25) is 4.79 Å². The molecule has 8 heteroatoms. The van der Waals surface area contributed by atoms with E-state index >= 15 is 0 Å². The first kappa shape index (κ1) is 15.7. The van der Waals surface area contributed by atoms with Gasteiger partial charge in [-0.1, -0.05) is 6.92 Å². The fraction of sp³-hybridized carbons (Fsp3) is 0.250. The summed E-state index contributed by atoms with van der Waals surface area (Å²) >= 11 is 0. The number of hydrogen-bond acceptors (Lipinski definition) is 4. The number of nitrogens with two attached hydrogens (primary N) is 2. The van der Waals surface area contributed by atoms with Crippen molar-refractivity contribution in [2.45, 2.75) is 18.2 Å². The fourth-order valence-electron chi connectivity index (χ4n) is 1.69. The SMILES string of the molecule is CCc1cc(C#N)c(S(C)(=O)=O)cc1C(=O)N=C(N)N. The molecule has 0 atom stereocenters. The Labute approximate surface area is 116 Å². The third-order valence-electron chi connectivity index (χ3n) is 2.57. The second-order valence-electron chi connectivity index (χ2n) is 4.08. The molecule has 0 heterocycles. The van der Waals surface area contributed by atoms with Gasteiger partial charge >= 0.3 is 0 Å². The Hall–Kier alpha value is -2.40. The molecule has 0 aliphatic rings. The molecule has 1 aromatic carbocycles. The van der Waals surface area contributed by atoms with Crippen LogP contribution in [0.5, 0.6) is 0 Å². The highest BCUT2D eigenvalue weighted by atomic mass is 32.2. The zero-order chi connectivity index (χ0) is 15.5. The van der Waals surface area contributed by atoms with E-state index in [4.69, 9.17) is 16.7 Å². The van der Waals surface area contributed by atoms with Crippen LogP contribution in [0.15, 0.2) is 22.0 Å². The summed E-state index contributed by atoms with van der Waals surface area (Å²) in [6.07, 6.45) is 1.39. The summed E-state index contributed by atoms with van der Waals surface area (Å²) in [4.78, 5) is 15.1. The lowest BCUT2D eigenvalue weighted by molar-refractivity contribution is 0.100. The monoisotopic (exact) mass is 294 g/mol. The summed E-state index contributed by atoms with van der Waals surface area (Å²) in [6, 6.07) is 4.32. The molecule has 0 unspecified atom stereocenters. The van der Waals surface area contributed by atoms with Crippen molar-refractivity contribution in [1.29, 1.82) is 5.26 Å². The Balaban J connectivity index is 3.66. The number of hydrogen-bond donors (Lipinski definition) is 2. The van der Waals surface area contributed by atoms with Crippen LogP contribution in [-0.4, -0.2) is 26.5 Å². The number of nitriles is 1. The van der Waals surface area contributed by atoms with E-state index in [9.17, 15) is 13.2 Å². The minimum absolute atomic E-state index is 0.00870. The molecule has 1 aromatic rings. The molecule has 106 valence electrons. The number of nitrogens with zero attached hydrogens (tertiary/aromatic N) is 2. The van der Waals surface area contributed by atoms with E-state index in [1.54, 1.807) is 6.92 Å². The second-order valence-corrected chi connectivity index (χ2v) is 6.07. The Morgan fingerprint density at radius 2 is 2.00 bits per heavy atom. The van der Waals surface area contributed by atoms with E-state index in [1.165, 1.54) is 6.07 Å². The van der Waals surface area contributed by atoms with Gasteiger partial charge < -0.3 is 11.5 Å². The van der Waals surface area contributed by atoms with E-state index in [0.29, 0.717) is 12.0 Å². The molecular formula is C12H14N4O3S. The molecule has 0 bridgehead atoms. The quantitative estimate of drug-likeness (QED) is 0.591. The molecule has 0 aliphatic heterocycles. The number of aryl methyl sites for hydroxylation is 1. The average molecular weight is 294 g/mol. The van der Waals surface area contributed by atoms with Crippen LogP contribution in [-0.2, 0) is 16.3 Å². The number of carbonyl (C=O) groups excluding carboxylic acids is 1.